The second-order valence-corrected chi connectivity index (χ2v) is 3.92. The lowest BCUT2D eigenvalue weighted by Gasteiger charge is -2.15. The first-order chi connectivity index (χ1) is 7.15. The van der Waals surface area contributed by atoms with Gasteiger partial charge in [-0.2, -0.15) is 5.10 Å². The molecule has 1 unspecified atom stereocenters. The Morgan fingerprint density at radius 3 is 3.13 bits per heavy atom. The highest BCUT2D eigenvalue weighted by Gasteiger charge is 2.07. The minimum Gasteiger partial charge on any atom is -0.380 e. The van der Waals surface area contributed by atoms with Crippen LogP contribution in [0.5, 0.6) is 0 Å². The largest absolute Gasteiger partial charge is 0.380 e. The van der Waals surface area contributed by atoms with Crippen molar-refractivity contribution in [2.24, 2.45) is 0 Å². The molecule has 0 aromatic carbocycles. The number of ether oxygens (including phenoxy) is 1. The lowest BCUT2D eigenvalue weighted by atomic mass is 10.3. The van der Waals surface area contributed by atoms with E-state index >= 15 is 0 Å². The third-order valence-electron chi connectivity index (χ3n) is 1.77. The summed E-state index contributed by atoms with van der Waals surface area (Å²) in [6.07, 6.45) is 1.56. The molecule has 1 aromatic rings. The predicted octanol–water partition coefficient (Wildman–Crippen LogP) is 1.37. The van der Waals surface area contributed by atoms with Gasteiger partial charge in [0.2, 0.25) is 0 Å². The molecule has 0 spiro atoms. The van der Waals surface area contributed by atoms with Gasteiger partial charge in [0.1, 0.15) is 4.47 Å². The van der Waals surface area contributed by atoms with Gasteiger partial charge >= 0.3 is 0 Å². The molecule has 1 atom stereocenters. The van der Waals surface area contributed by atoms with Gasteiger partial charge in [-0.25, -0.2) is 5.10 Å². The molecule has 1 rings (SSSR count). The van der Waals surface area contributed by atoms with E-state index in [1.807, 2.05) is 13.8 Å². The maximum Gasteiger partial charge on any atom is 0.280 e. The second kappa shape index (κ2) is 5.87. The minimum absolute atomic E-state index is 0.129. The van der Waals surface area contributed by atoms with E-state index in [4.69, 9.17) is 4.74 Å². The van der Waals surface area contributed by atoms with Crippen molar-refractivity contribution in [2.75, 3.05) is 18.5 Å². The number of halogens is 1. The molecule has 0 bridgehead atoms. The molecule has 0 radical (unpaired) electrons. The molecule has 0 aliphatic heterocycles. The zero-order chi connectivity index (χ0) is 11.3. The molecule has 1 heterocycles. The van der Waals surface area contributed by atoms with Crippen molar-refractivity contribution < 1.29 is 4.74 Å². The van der Waals surface area contributed by atoms with Crippen LogP contribution in [-0.2, 0) is 4.74 Å². The number of aromatic amines is 1. The fourth-order valence-electron chi connectivity index (χ4n) is 1.09. The molecular formula is C9H14BrN3O2. The Bertz CT molecular complexity index is 367. The molecule has 84 valence electrons. The Balaban J connectivity index is 2.64. The van der Waals surface area contributed by atoms with Crippen molar-refractivity contribution in [3.63, 3.8) is 0 Å². The highest BCUT2D eigenvalue weighted by Crippen LogP contribution is 2.16. The van der Waals surface area contributed by atoms with Gasteiger partial charge in [-0.05, 0) is 29.8 Å². The quantitative estimate of drug-likeness (QED) is 0.852. The lowest BCUT2D eigenvalue weighted by Crippen LogP contribution is -2.23. The molecule has 0 saturated heterocycles. The van der Waals surface area contributed by atoms with Gasteiger partial charge in [0.15, 0.2) is 0 Å². The van der Waals surface area contributed by atoms with Crippen molar-refractivity contribution in [3.8, 4) is 0 Å². The number of H-pyrrole nitrogens is 1. The molecule has 0 amide bonds. The Kier molecular flexibility index (Phi) is 4.77. The van der Waals surface area contributed by atoms with Crippen LogP contribution in [0.2, 0.25) is 0 Å². The fourth-order valence-corrected chi connectivity index (χ4v) is 1.39. The van der Waals surface area contributed by atoms with Crippen LogP contribution in [0.1, 0.15) is 13.8 Å². The van der Waals surface area contributed by atoms with Crippen LogP contribution in [0.4, 0.5) is 5.69 Å². The van der Waals surface area contributed by atoms with Gasteiger partial charge in [-0.3, -0.25) is 4.79 Å². The van der Waals surface area contributed by atoms with Crippen molar-refractivity contribution >= 4 is 21.6 Å². The van der Waals surface area contributed by atoms with Gasteiger partial charge < -0.3 is 10.1 Å². The van der Waals surface area contributed by atoms with Crippen LogP contribution in [0, 0.1) is 0 Å². The summed E-state index contributed by atoms with van der Waals surface area (Å²) in [7, 11) is 0. The second-order valence-electron chi connectivity index (χ2n) is 3.13. The number of nitrogens with one attached hydrogen (secondary N) is 2. The van der Waals surface area contributed by atoms with Crippen LogP contribution in [0.15, 0.2) is 15.5 Å². The van der Waals surface area contributed by atoms with Crippen molar-refractivity contribution in [2.45, 2.75) is 19.9 Å². The number of aromatic nitrogens is 2. The van der Waals surface area contributed by atoms with E-state index in [9.17, 15) is 4.79 Å². The minimum atomic E-state index is -0.247. The summed E-state index contributed by atoms with van der Waals surface area (Å²) < 4.78 is 5.71. The monoisotopic (exact) mass is 275 g/mol. The standard InChI is InChI=1S/C9H14BrN3O2/c1-3-15-5-6(2)12-7-4-11-13-9(14)8(7)10/h4,6H,3,5H2,1-2H3,(H2,12,13,14). The average Bonchev–Trinajstić information content (AvgIpc) is 2.22. The smallest absolute Gasteiger partial charge is 0.280 e. The highest BCUT2D eigenvalue weighted by atomic mass is 79.9. The first-order valence-corrected chi connectivity index (χ1v) is 5.52. The van der Waals surface area contributed by atoms with Crippen LogP contribution < -0.4 is 10.9 Å². The van der Waals surface area contributed by atoms with Crippen LogP contribution >= 0.6 is 15.9 Å². The molecule has 0 saturated carbocycles. The third kappa shape index (κ3) is 3.64. The number of anilines is 1. The van der Waals surface area contributed by atoms with Gasteiger partial charge in [0, 0.05) is 12.6 Å². The summed E-state index contributed by atoms with van der Waals surface area (Å²) in [4.78, 5) is 11.2. The van der Waals surface area contributed by atoms with Crippen molar-refractivity contribution in [1.82, 2.24) is 10.2 Å². The van der Waals surface area contributed by atoms with E-state index in [1.54, 1.807) is 6.20 Å². The topological polar surface area (TPSA) is 67.0 Å². The molecule has 2 N–H and O–H groups in total. The fraction of sp³-hybridized carbons (Fsp3) is 0.556. The Hall–Kier alpha value is -0.880. The first kappa shape index (κ1) is 12.2. The molecule has 0 aliphatic carbocycles. The predicted molar refractivity (Wildman–Crippen MR) is 62.1 cm³/mol. The van der Waals surface area contributed by atoms with Gasteiger partial charge in [0.25, 0.3) is 5.56 Å². The number of hydrogen-bond donors (Lipinski definition) is 2. The summed E-state index contributed by atoms with van der Waals surface area (Å²) in [5.74, 6) is 0. The number of rotatable bonds is 5. The summed E-state index contributed by atoms with van der Waals surface area (Å²) in [6.45, 7) is 5.19. The van der Waals surface area contributed by atoms with E-state index in [-0.39, 0.29) is 11.6 Å². The molecule has 1 aromatic heterocycles. The van der Waals surface area contributed by atoms with Crippen molar-refractivity contribution in [1.29, 1.82) is 0 Å². The average molecular weight is 276 g/mol. The van der Waals surface area contributed by atoms with E-state index in [0.29, 0.717) is 23.4 Å². The van der Waals surface area contributed by atoms with E-state index in [1.165, 1.54) is 0 Å². The summed E-state index contributed by atoms with van der Waals surface area (Å²) >= 11 is 3.19. The molecule has 6 heteroatoms. The molecule has 15 heavy (non-hydrogen) atoms. The van der Waals surface area contributed by atoms with Gasteiger partial charge in [-0.1, -0.05) is 0 Å². The van der Waals surface area contributed by atoms with Gasteiger partial charge in [0.05, 0.1) is 18.5 Å². The summed E-state index contributed by atoms with van der Waals surface area (Å²) in [5, 5.41) is 9.17. The zero-order valence-electron chi connectivity index (χ0n) is 8.71. The zero-order valence-corrected chi connectivity index (χ0v) is 10.3. The van der Waals surface area contributed by atoms with Gasteiger partial charge in [-0.15, -0.1) is 0 Å². The first-order valence-electron chi connectivity index (χ1n) is 4.72. The third-order valence-corrected chi connectivity index (χ3v) is 2.56. The van der Waals surface area contributed by atoms with E-state index in [0.717, 1.165) is 0 Å². The number of nitrogens with zero attached hydrogens (tertiary/aromatic N) is 1. The molecule has 5 nitrogen and oxygen atoms in total. The number of hydrogen-bond acceptors (Lipinski definition) is 4. The van der Waals surface area contributed by atoms with Crippen LogP contribution in [-0.4, -0.2) is 29.5 Å². The molecule has 0 aliphatic rings. The maximum absolute atomic E-state index is 11.2. The lowest BCUT2D eigenvalue weighted by molar-refractivity contribution is 0.141. The molecule has 0 fully saturated rings. The summed E-state index contributed by atoms with van der Waals surface area (Å²) in [6, 6.07) is 0.129. The van der Waals surface area contributed by atoms with E-state index < -0.39 is 0 Å². The normalized spacial score (nSPS) is 12.5. The van der Waals surface area contributed by atoms with E-state index in [2.05, 4.69) is 31.4 Å². The Morgan fingerprint density at radius 2 is 2.47 bits per heavy atom. The Labute approximate surface area is 96.4 Å². The summed E-state index contributed by atoms with van der Waals surface area (Å²) in [5.41, 5.74) is 0.426. The molecular weight excluding hydrogens is 262 g/mol. The van der Waals surface area contributed by atoms with Crippen LogP contribution in [0.25, 0.3) is 0 Å². The maximum atomic E-state index is 11.2. The SMILES string of the molecule is CCOCC(C)Nc1cn[nH]c(=O)c1Br. The Morgan fingerprint density at radius 1 is 1.73 bits per heavy atom. The van der Waals surface area contributed by atoms with Crippen molar-refractivity contribution in [3.05, 3.63) is 21.0 Å². The highest BCUT2D eigenvalue weighted by molar-refractivity contribution is 9.10. The van der Waals surface area contributed by atoms with Crippen LogP contribution in [0.3, 0.4) is 0 Å².